The molecule has 2 rings (SSSR count). The minimum Gasteiger partial charge on any atom is -0.461 e. The smallest absolute Gasteiger partial charge is 0.335 e. The molecular formula is C31H46O6. The predicted octanol–water partition coefficient (Wildman–Crippen LogP) is 5.66. The first-order valence-electron chi connectivity index (χ1n) is 13.9. The number of benzene rings is 1. The molecule has 0 radical (unpaired) electrons. The Morgan fingerprint density at radius 3 is 1.84 bits per heavy atom. The van der Waals surface area contributed by atoms with Crippen LogP contribution < -0.4 is 0 Å². The Morgan fingerprint density at radius 1 is 0.838 bits per heavy atom. The number of esters is 2. The van der Waals surface area contributed by atoms with E-state index in [1.54, 1.807) is 0 Å². The van der Waals surface area contributed by atoms with Crippen LogP contribution in [-0.2, 0) is 25.5 Å². The molecule has 0 amide bonds. The maximum absolute atomic E-state index is 12.0. The lowest BCUT2D eigenvalue weighted by molar-refractivity contribution is -0.142. The molecule has 0 heterocycles. The van der Waals surface area contributed by atoms with Crippen LogP contribution in [0.2, 0.25) is 0 Å². The average molecular weight is 515 g/mol. The number of unbranched alkanes of at least 4 members (excludes halogenated alkanes) is 3. The average Bonchev–Trinajstić information content (AvgIpc) is 2.94. The molecule has 1 fully saturated rings. The fraction of sp³-hybridized carbons (Fsp3) is 0.613. The van der Waals surface area contributed by atoms with Gasteiger partial charge in [-0.05, 0) is 35.8 Å². The van der Waals surface area contributed by atoms with Crippen molar-refractivity contribution in [2.45, 2.75) is 83.5 Å². The maximum atomic E-state index is 12.0. The van der Waals surface area contributed by atoms with Crippen LogP contribution in [0, 0.1) is 11.8 Å². The van der Waals surface area contributed by atoms with Gasteiger partial charge in [-0.3, -0.25) is 0 Å². The summed E-state index contributed by atoms with van der Waals surface area (Å²) in [4.78, 5) is 23.9. The molecule has 6 heteroatoms. The lowest BCUT2D eigenvalue weighted by Crippen LogP contribution is -2.21. The first-order chi connectivity index (χ1) is 17.9. The van der Waals surface area contributed by atoms with Crippen LogP contribution in [0.15, 0.2) is 48.6 Å². The van der Waals surface area contributed by atoms with Crippen LogP contribution in [0.25, 0.3) is 0 Å². The summed E-state index contributed by atoms with van der Waals surface area (Å²) in [6.07, 6.45) is 14.5. The number of aliphatic hydroxyl groups is 2. The Morgan fingerprint density at radius 2 is 1.35 bits per heavy atom. The second kappa shape index (κ2) is 17.1. The normalized spacial score (nSPS) is 17.4. The van der Waals surface area contributed by atoms with E-state index in [2.05, 4.69) is 32.2 Å². The summed E-state index contributed by atoms with van der Waals surface area (Å²) in [5.41, 5.74) is 2.06. The van der Waals surface area contributed by atoms with Gasteiger partial charge in [0, 0.05) is 0 Å². The Kier molecular flexibility index (Phi) is 14.3. The largest absolute Gasteiger partial charge is 0.461 e. The van der Waals surface area contributed by atoms with E-state index in [4.69, 9.17) is 19.7 Å². The van der Waals surface area contributed by atoms with E-state index in [1.165, 1.54) is 69.8 Å². The molecule has 0 bridgehead atoms. The highest BCUT2D eigenvalue weighted by molar-refractivity contribution is 5.88. The first kappa shape index (κ1) is 30.8. The van der Waals surface area contributed by atoms with E-state index >= 15 is 0 Å². The quantitative estimate of drug-likeness (QED) is 0.158. The summed E-state index contributed by atoms with van der Waals surface area (Å²) in [5.74, 6) is -0.0432. The van der Waals surface area contributed by atoms with Gasteiger partial charge in [0.15, 0.2) is 0 Å². The highest BCUT2D eigenvalue weighted by Gasteiger charge is 2.22. The lowest BCUT2D eigenvalue weighted by atomic mass is 9.77. The Balaban J connectivity index is 1.87. The second-order valence-corrected chi connectivity index (χ2v) is 10.4. The van der Waals surface area contributed by atoms with Crippen LogP contribution in [0.5, 0.6) is 0 Å². The molecule has 1 aromatic carbocycles. The standard InChI is InChI=1S/C31H46O6/c1-4-5-6-7-8-25-9-11-26(12-10-25)13-14-27-15-17-28(18-16-27)29(21-36-30(34)23(2)19-32)22-37-31(35)24(3)20-33/h15-18,25-26,29,32-33H,2-14,19-22H2,1H3. The van der Waals surface area contributed by atoms with Crippen molar-refractivity contribution >= 4 is 11.9 Å². The fourth-order valence-corrected chi connectivity index (χ4v) is 4.92. The molecule has 1 aliphatic rings. The second-order valence-electron chi connectivity index (χ2n) is 10.4. The number of aliphatic hydroxyl groups excluding tert-OH is 2. The van der Waals surface area contributed by atoms with Crippen molar-refractivity contribution in [3.8, 4) is 0 Å². The van der Waals surface area contributed by atoms with Crippen molar-refractivity contribution < 1.29 is 29.3 Å². The summed E-state index contributed by atoms with van der Waals surface area (Å²) in [6.45, 7) is 8.20. The van der Waals surface area contributed by atoms with E-state index in [9.17, 15) is 9.59 Å². The lowest BCUT2D eigenvalue weighted by Gasteiger charge is -2.28. The van der Waals surface area contributed by atoms with E-state index in [1.807, 2.05) is 12.1 Å². The van der Waals surface area contributed by atoms with Gasteiger partial charge in [-0.2, -0.15) is 0 Å². The Labute approximate surface area is 222 Å². The van der Waals surface area contributed by atoms with Gasteiger partial charge in [0.2, 0.25) is 0 Å². The van der Waals surface area contributed by atoms with Crippen molar-refractivity contribution in [2.75, 3.05) is 26.4 Å². The summed E-state index contributed by atoms with van der Waals surface area (Å²) in [5, 5.41) is 18.2. The SMILES string of the molecule is C=C(CO)C(=O)OCC(COC(=O)C(=C)CO)c1ccc(CCC2CCC(CCCCCC)CC2)cc1. The minimum atomic E-state index is -0.689. The van der Waals surface area contributed by atoms with Crippen LogP contribution >= 0.6 is 0 Å². The number of hydrogen-bond acceptors (Lipinski definition) is 6. The summed E-state index contributed by atoms with van der Waals surface area (Å²) in [6, 6.07) is 8.14. The molecule has 0 unspecified atom stereocenters. The number of carbonyl (C=O) groups excluding carboxylic acids is 2. The van der Waals surface area contributed by atoms with E-state index in [0.717, 1.165) is 23.8 Å². The first-order valence-corrected chi connectivity index (χ1v) is 13.9. The molecule has 0 atom stereocenters. The van der Waals surface area contributed by atoms with E-state index in [0.29, 0.717) is 0 Å². The third-order valence-corrected chi connectivity index (χ3v) is 7.51. The van der Waals surface area contributed by atoms with Crippen molar-refractivity contribution in [3.05, 3.63) is 59.7 Å². The van der Waals surface area contributed by atoms with Gasteiger partial charge in [-0.25, -0.2) is 9.59 Å². The van der Waals surface area contributed by atoms with Gasteiger partial charge in [-0.15, -0.1) is 0 Å². The molecule has 0 aromatic heterocycles. The number of ether oxygens (including phenoxy) is 2. The molecule has 37 heavy (non-hydrogen) atoms. The number of rotatable bonds is 17. The number of carbonyl (C=O) groups is 2. The van der Waals surface area contributed by atoms with Crippen LogP contribution in [0.4, 0.5) is 0 Å². The molecule has 1 aromatic rings. The summed E-state index contributed by atoms with van der Waals surface area (Å²) < 4.78 is 10.5. The van der Waals surface area contributed by atoms with Gasteiger partial charge in [-0.1, -0.05) is 102 Å². The topological polar surface area (TPSA) is 93.1 Å². The van der Waals surface area contributed by atoms with Crippen LogP contribution in [0.3, 0.4) is 0 Å². The van der Waals surface area contributed by atoms with Crippen molar-refractivity contribution in [1.29, 1.82) is 0 Å². The zero-order valence-corrected chi connectivity index (χ0v) is 22.6. The monoisotopic (exact) mass is 514 g/mol. The van der Waals surface area contributed by atoms with Crippen molar-refractivity contribution in [2.24, 2.45) is 11.8 Å². The van der Waals surface area contributed by atoms with Gasteiger partial charge in [0.1, 0.15) is 13.2 Å². The third kappa shape index (κ3) is 11.2. The number of aryl methyl sites for hydroxylation is 1. The molecule has 2 N–H and O–H groups in total. The molecule has 1 aliphatic carbocycles. The van der Waals surface area contributed by atoms with E-state index in [-0.39, 0.29) is 24.4 Å². The summed E-state index contributed by atoms with van der Waals surface area (Å²) >= 11 is 0. The molecule has 0 saturated heterocycles. The van der Waals surface area contributed by atoms with Crippen LogP contribution in [-0.4, -0.2) is 48.6 Å². The highest BCUT2D eigenvalue weighted by Crippen LogP contribution is 2.34. The van der Waals surface area contributed by atoms with Gasteiger partial charge in [0.05, 0.1) is 30.3 Å². The van der Waals surface area contributed by atoms with E-state index < -0.39 is 31.1 Å². The van der Waals surface area contributed by atoms with Gasteiger partial charge in [0.25, 0.3) is 0 Å². The molecular weight excluding hydrogens is 468 g/mol. The predicted molar refractivity (Wildman–Crippen MR) is 146 cm³/mol. The van der Waals surface area contributed by atoms with Gasteiger partial charge >= 0.3 is 11.9 Å². The Bertz CT molecular complexity index is 819. The Hall–Kier alpha value is -2.44. The van der Waals surface area contributed by atoms with Crippen molar-refractivity contribution in [3.63, 3.8) is 0 Å². The fourth-order valence-electron chi connectivity index (χ4n) is 4.92. The highest BCUT2D eigenvalue weighted by atomic mass is 16.5. The molecule has 0 aliphatic heterocycles. The van der Waals surface area contributed by atoms with Gasteiger partial charge < -0.3 is 19.7 Å². The zero-order valence-electron chi connectivity index (χ0n) is 22.6. The minimum absolute atomic E-state index is 0.0300. The maximum Gasteiger partial charge on any atom is 0.335 e. The molecule has 0 spiro atoms. The molecule has 206 valence electrons. The van der Waals surface area contributed by atoms with Crippen LogP contribution in [0.1, 0.15) is 88.2 Å². The molecule has 1 saturated carbocycles. The number of hydrogen-bond donors (Lipinski definition) is 2. The van der Waals surface area contributed by atoms with Crippen molar-refractivity contribution in [1.82, 2.24) is 0 Å². The third-order valence-electron chi connectivity index (χ3n) is 7.51. The summed E-state index contributed by atoms with van der Waals surface area (Å²) in [7, 11) is 0. The molecule has 6 nitrogen and oxygen atoms in total. The zero-order chi connectivity index (χ0) is 27.0.